The molecule has 0 saturated carbocycles. The van der Waals surface area contributed by atoms with Crippen LogP contribution in [-0.2, 0) is 4.74 Å². The van der Waals surface area contributed by atoms with Gasteiger partial charge in [-0.3, -0.25) is 14.4 Å². The predicted molar refractivity (Wildman–Crippen MR) is 122 cm³/mol. The first kappa shape index (κ1) is 21.6. The lowest BCUT2D eigenvalue weighted by molar-refractivity contribution is 0.0319. The van der Waals surface area contributed by atoms with Gasteiger partial charge in [-0.2, -0.15) is 0 Å². The summed E-state index contributed by atoms with van der Waals surface area (Å²) >= 11 is 3.30. The molecule has 0 aromatic heterocycles. The molecule has 0 bridgehead atoms. The van der Waals surface area contributed by atoms with Gasteiger partial charge in [0.05, 0.1) is 22.4 Å². The average molecular weight is 492 g/mol. The Balaban J connectivity index is 1.47. The number of aryl methyl sites for hydroxylation is 1. The monoisotopic (exact) mass is 491 g/mol. The zero-order valence-electron chi connectivity index (χ0n) is 17.3. The molecular formula is C25H18BrNO5. The minimum Gasteiger partial charge on any atom is -0.451 e. The maximum atomic E-state index is 12.7. The summed E-state index contributed by atoms with van der Waals surface area (Å²) in [4.78, 5) is 51.4. The molecule has 0 unspecified atom stereocenters. The number of imide groups is 1. The molecule has 0 radical (unpaired) electrons. The number of anilines is 1. The van der Waals surface area contributed by atoms with E-state index in [4.69, 9.17) is 4.74 Å². The van der Waals surface area contributed by atoms with Crippen molar-refractivity contribution in [1.82, 2.24) is 0 Å². The zero-order chi connectivity index (χ0) is 23.0. The molecule has 1 heterocycles. The van der Waals surface area contributed by atoms with Crippen molar-refractivity contribution >= 4 is 45.2 Å². The Morgan fingerprint density at radius 3 is 2.09 bits per heavy atom. The van der Waals surface area contributed by atoms with Gasteiger partial charge in [0.1, 0.15) is 0 Å². The highest BCUT2D eigenvalue weighted by molar-refractivity contribution is 9.10. The van der Waals surface area contributed by atoms with Gasteiger partial charge in [-0.1, -0.05) is 45.8 Å². The summed E-state index contributed by atoms with van der Waals surface area (Å²) in [5, 5.41) is 0. The van der Waals surface area contributed by atoms with E-state index in [0.29, 0.717) is 26.9 Å². The lowest BCUT2D eigenvalue weighted by Gasteiger charge is -2.15. The second-order valence-electron chi connectivity index (χ2n) is 7.46. The number of hydrogen-bond acceptors (Lipinski definition) is 5. The van der Waals surface area contributed by atoms with Crippen LogP contribution >= 0.6 is 15.9 Å². The average Bonchev–Trinajstić information content (AvgIpc) is 3.03. The van der Waals surface area contributed by atoms with Crippen LogP contribution < -0.4 is 4.90 Å². The molecule has 1 aliphatic heterocycles. The second kappa shape index (κ2) is 8.51. The number of amides is 2. The third-order valence-electron chi connectivity index (χ3n) is 5.20. The first-order chi connectivity index (χ1) is 15.3. The SMILES string of the molecule is Cc1ccc(C(=O)[C@H](C)OC(=O)c2ccc(N3C(=O)c4ccc(Br)cc4C3=O)cc2)cc1. The van der Waals surface area contributed by atoms with E-state index in [1.807, 2.05) is 19.1 Å². The van der Waals surface area contributed by atoms with Crippen LogP contribution in [0.4, 0.5) is 5.69 Å². The molecule has 160 valence electrons. The molecule has 0 aliphatic carbocycles. The van der Waals surface area contributed by atoms with Crippen LogP contribution in [0.5, 0.6) is 0 Å². The number of esters is 1. The van der Waals surface area contributed by atoms with E-state index >= 15 is 0 Å². The van der Waals surface area contributed by atoms with Gasteiger partial charge in [0.25, 0.3) is 11.8 Å². The summed E-state index contributed by atoms with van der Waals surface area (Å²) in [6, 6.07) is 17.8. The first-order valence-electron chi connectivity index (χ1n) is 9.86. The number of hydrogen-bond donors (Lipinski definition) is 0. The molecular weight excluding hydrogens is 474 g/mol. The van der Waals surface area contributed by atoms with E-state index < -0.39 is 23.9 Å². The van der Waals surface area contributed by atoms with Crippen LogP contribution in [0.1, 0.15) is 53.9 Å². The minimum absolute atomic E-state index is 0.205. The van der Waals surface area contributed by atoms with Crippen molar-refractivity contribution in [3.05, 3.63) is 99.0 Å². The van der Waals surface area contributed by atoms with Gasteiger partial charge >= 0.3 is 5.97 Å². The molecule has 4 rings (SSSR count). The number of fused-ring (bicyclic) bond motifs is 1. The minimum atomic E-state index is -0.959. The Kier molecular flexibility index (Phi) is 5.76. The van der Waals surface area contributed by atoms with E-state index in [2.05, 4.69) is 15.9 Å². The van der Waals surface area contributed by atoms with Gasteiger partial charge in [0, 0.05) is 10.0 Å². The number of rotatable bonds is 5. The molecule has 0 N–H and O–H groups in total. The van der Waals surface area contributed by atoms with Crippen molar-refractivity contribution < 1.29 is 23.9 Å². The molecule has 0 fully saturated rings. The molecule has 3 aromatic carbocycles. The van der Waals surface area contributed by atoms with Crippen molar-refractivity contribution in [3.8, 4) is 0 Å². The molecule has 2 amide bonds. The number of ketones is 1. The normalized spacial score (nSPS) is 13.7. The molecule has 7 heteroatoms. The zero-order valence-corrected chi connectivity index (χ0v) is 18.9. The maximum absolute atomic E-state index is 12.7. The van der Waals surface area contributed by atoms with E-state index in [1.54, 1.807) is 30.3 Å². The lowest BCUT2D eigenvalue weighted by Crippen LogP contribution is -2.29. The standard InChI is InChI=1S/C25H18BrNO5/c1-14-3-5-16(6-4-14)22(28)15(2)32-25(31)17-7-10-19(11-8-17)27-23(29)20-12-9-18(26)13-21(20)24(27)30/h3-13,15H,1-2H3/t15-/m0/s1. The fourth-order valence-corrected chi connectivity index (χ4v) is 3.79. The van der Waals surface area contributed by atoms with Crippen molar-refractivity contribution in [2.75, 3.05) is 4.90 Å². The van der Waals surface area contributed by atoms with Crippen molar-refractivity contribution in [2.45, 2.75) is 20.0 Å². The maximum Gasteiger partial charge on any atom is 0.338 e. The van der Waals surface area contributed by atoms with Gasteiger partial charge in [-0.15, -0.1) is 0 Å². The Bertz CT molecular complexity index is 1250. The third kappa shape index (κ3) is 3.99. The number of nitrogens with zero attached hydrogens (tertiary/aromatic N) is 1. The second-order valence-corrected chi connectivity index (χ2v) is 8.38. The summed E-state index contributed by atoms with van der Waals surface area (Å²) in [7, 11) is 0. The number of halogens is 1. The molecule has 1 aliphatic rings. The Morgan fingerprint density at radius 2 is 1.44 bits per heavy atom. The van der Waals surface area contributed by atoms with Crippen LogP contribution in [0.15, 0.2) is 71.2 Å². The van der Waals surface area contributed by atoms with Crippen LogP contribution in [0.25, 0.3) is 0 Å². The first-order valence-corrected chi connectivity index (χ1v) is 10.7. The van der Waals surface area contributed by atoms with Crippen LogP contribution in [0, 0.1) is 6.92 Å². The van der Waals surface area contributed by atoms with Crippen LogP contribution in [0.2, 0.25) is 0 Å². The summed E-state index contributed by atoms with van der Waals surface area (Å²) in [6.07, 6.45) is -0.959. The van der Waals surface area contributed by atoms with Crippen molar-refractivity contribution in [2.24, 2.45) is 0 Å². The highest BCUT2D eigenvalue weighted by Gasteiger charge is 2.36. The number of ether oxygens (including phenoxy) is 1. The molecule has 3 aromatic rings. The fraction of sp³-hybridized carbons (Fsp3) is 0.120. The smallest absolute Gasteiger partial charge is 0.338 e. The fourth-order valence-electron chi connectivity index (χ4n) is 3.43. The number of Topliss-reactive ketones (excluding diaryl/α,β-unsaturated/α-hetero) is 1. The summed E-state index contributed by atoms with van der Waals surface area (Å²) in [5.41, 5.74) is 2.67. The van der Waals surface area contributed by atoms with Gasteiger partial charge in [-0.25, -0.2) is 9.69 Å². The third-order valence-corrected chi connectivity index (χ3v) is 5.69. The number of carbonyl (C=O) groups is 4. The van der Waals surface area contributed by atoms with Crippen LogP contribution in [0.3, 0.4) is 0 Å². The van der Waals surface area contributed by atoms with Gasteiger partial charge in [0.15, 0.2) is 6.10 Å². The van der Waals surface area contributed by atoms with E-state index in [1.165, 1.54) is 31.2 Å². The topological polar surface area (TPSA) is 80.8 Å². The van der Waals surface area contributed by atoms with E-state index in [-0.39, 0.29) is 11.3 Å². The summed E-state index contributed by atoms with van der Waals surface area (Å²) in [5.74, 6) is -1.83. The highest BCUT2D eigenvalue weighted by Crippen LogP contribution is 2.30. The highest BCUT2D eigenvalue weighted by atomic mass is 79.9. The van der Waals surface area contributed by atoms with E-state index in [0.717, 1.165) is 10.5 Å². The van der Waals surface area contributed by atoms with E-state index in [9.17, 15) is 19.2 Å². The van der Waals surface area contributed by atoms with Gasteiger partial charge < -0.3 is 4.74 Å². The predicted octanol–water partition coefficient (Wildman–Crippen LogP) is 4.99. The molecule has 1 atom stereocenters. The Morgan fingerprint density at radius 1 is 0.844 bits per heavy atom. The van der Waals surface area contributed by atoms with Gasteiger partial charge in [0.2, 0.25) is 5.78 Å². The number of benzene rings is 3. The van der Waals surface area contributed by atoms with Crippen molar-refractivity contribution in [3.63, 3.8) is 0 Å². The molecule has 0 saturated heterocycles. The largest absolute Gasteiger partial charge is 0.451 e. The molecule has 6 nitrogen and oxygen atoms in total. The quantitative estimate of drug-likeness (QED) is 0.285. The number of carbonyl (C=O) groups excluding carboxylic acids is 4. The summed E-state index contributed by atoms with van der Waals surface area (Å²) < 4.78 is 6.01. The van der Waals surface area contributed by atoms with Crippen LogP contribution in [-0.4, -0.2) is 29.7 Å². The molecule has 32 heavy (non-hydrogen) atoms. The lowest BCUT2D eigenvalue weighted by atomic mass is 10.1. The summed E-state index contributed by atoms with van der Waals surface area (Å²) in [6.45, 7) is 3.44. The van der Waals surface area contributed by atoms with Crippen molar-refractivity contribution in [1.29, 1.82) is 0 Å². The Labute approximate surface area is 192 Å². The van der Waals surface area contributed by atoms with Gasteiger partial charge in [-0.05, 0) is 56.3 Å². The molecule has 0 spiro atoms. The Hall–Kier alpha value is -3.58.